The fraction of sp³-hybridized carbons (Fsp3) is 0.429. The number of phenols is 1. The molecular formula is C49H53N5O5. The van der Waals surface area contributed by atoms with Crippen molar-refractivity contribution in [3.8, 4) is 5.75 Å². The minimum Gasteiger partial charge on any atom is -0.508 e. The first-order valence-electron chi connectivity index (χ1n) is 21.8. The minimum absolute atomic E-state index is 0.117. The fourth-order valence-electron chi connectivity index (χ4n) is 11.2. The van der Waals surface area contributed by atoms with Crippen LogP contribution in [0, 0.1) is 11.8 Å². The van der Waals surface area contributed by atoms with Gasteiger partial charge in [-0.25, -0.2) is 0 Å². The molecule has 1 unspecified atom stereocenters. The number of carbonyl (C=O) groups excluding carboxylic acids is 4. The number of hydrogen-bond acceptors (Lipinski definition) is 8. The first-order chi connectivity index (χ1) is 28.8. The maximum Gasteiger partial charge on any atom is 0.262 e. The Hall–Kier alpha value is -5.32. The van der Waals surface area contributed by atoms with E-state index in [0.717, 1.165) is 80.6 Å². The zero-order chi connectivity index (χ0) is 40.2. The van der Waals surface area contributed by atoms with Crippen LogP contribution in [0.25, 0.3) is 0 Å². The van der Waals surface area contributed by atoms with Gasteiger partial charge >= 0.3 is 0 Å². The van der Waals surface area contributed by atoms with Gasteiger partial charge in [0.25, 0.3) is 11.8 Å². The lowest BCUT2D eigenvalue weighted by Crippen LogP contribution is -2.54. The van der Waals surface area contributed by atoms with Crippen molar-refractivity contribution in [3.05, 3.63) is 129 Å². The average molecular weight is 792 g/mol. The van der Waals surface area contributed by atoms with Gasteiger partial charge in [0.1, 0.15) is 11.8 Å². The van der Waals surface area contributed by atoms with E-state index >= 15 is 0 Å². The van der Waals surface area contributed by atoms with Crippen molar-refractivity contribution in [2.75, 3.05) is 44.2 Å². The lowest BCUT2D eigenvalue weighted by molar-refractivity contribution is -0.136. The van der Waals surface area contributed by atoms with Crippen LogP contribution in [-0.2, 0) is 29.1 Å². The normalized spacial score (nSPS) is 24.3. The monoisotopic (exact) mass is 791 g/mol. The molecule has 0 aromatic heterocycles. The van der Waals surface area contributed by atoms with Crippen LogP contribution in [0.5, 0.6) is 5.75 Å². The van der Waals surface area contributed by atoms with Crippen molar-refractivity contribution < 1.29 is 24.3 Å². The first-order valence-corrected chi connectivity index (χ1v) is 21.8. The summed E-state index contributed by atoms with van der Waals surface area (Å²) in [5, 5.41) is 12.5. The van der Waals surface area contributed by atoms with E-state index in [1.165, 1.54) is 60.2 Å². The molecule has 10 nitrogen and oxygen atoms in total. The number of nitrogens with zero attached hydrogens (tertiary/aromatic N) is 4. The van der Waals surface area contributed by atoms with E-state index in [9.17, 15) is 24.3 Å². The number of fused-ring (bicyclic) bond motifs is 3. The third kappa shape index (κ3) is 7.35. The lowest BCUT2D eigenvalue weighted by Gasteiger charge is -2.39. The number of imide groups is 2. The third-order valence-corrected chi connectivity index (χ3v) is 14.3. The van der Waals surface area contributed by atoms with Gasteiger partial charge in [-0.05, 0) is 146 Å². The summed E-state index contributed by atoms with van der Waals surface area (Å²) in [5.41, 5.74) is 9.57. The number of piperidine rings is 3. The van der Waals surface area contributed by atoms with Crippen molar-refractivity contribution in [2.24, 2.45) is 11.8 Å². The molecule has 0 bridgehead atoms. The van der Waals surface area contributed by atoms with Crippen LogP contribution in [0.2, 0.25) is 0 Å². The molecule has 5 aliphatic heterocycles. The second-order valence-electron chi connectivity index (χ2n) is 18.0. The van der Waals surface area contributed by atoms with E-state index in [4.69, 9.17) is 0 Å². The molecule has 0 saturated carbocycles. The number of nitrogens with one attached hydrogen (secondary N) is 1. The van der Waals surface area contributed by atoms with Crippen LogP contribution in [0.4, 0.5) is 5.69 Å². The van der Waals surface area contributed by atoms with E-state index in [1.54, 1.807) is 0 Å². The van der Waals surface area contributed by atoms with E-state index < -0.39 is 23.8 Å². The molecule has 1 aliphatic carbocycles. The number of aryl methyl sites for hydroxylation is 1. The fourth-order valence-corrected chi connectivity index (χ4v) is 11.2. The Bertz CT molecular complexity index is 2230. The second-order valence-corrected chi connectivity index (χ2v) is 18.0. The molecule has 2 N–H and O–H groups in total. The number of rotatable bonds is 8. The Morgan fingerprint density at radius 2 is 1.25 bits per heavy atom. The van der Waals surface area contributed by atoms with Crippen LogP contribution in [0.15, 0.2) is 84.9 Å². The van der Waals surface area contributed by atoms with Crippen LogP contribution in [-0.4, -0.2) is 88.7 Å². The van der Waals surface area contributed by atoms with Gasteiger partial charge in [-0.2, -0.15) is 0 Å². The molecule has 4 aromatic carbocycles. The van der Waals surface area contributed by atoms with Crippen LogP contribution < -0.4 is 10.2 Å². The summed E-state index contributed by atoms with van der Waals surface area (Å²) >= 11 is 0. The SMILES string of the molecule is O=C1CCC(N2C(=O)c3cc4c(cc3C2=O)CN(CC2CCN(CC3CCN(c5ccc([C@@H]6c7ccc(O)cc7CC[C@@H]6c6ccccc6)cc5)CC3)CC2)C4)C(=O)N1. The van der Waals surface area contributed by atoms with Crippen LogP contribution in [0.3, 0.4) is 0 Å². The Labute approximate surface area is 346 Å². The van der Waals surface area contributed by atoms with Crippen LogP contribution in [0.1, 0.15) is 111 Å². The summed E-state index contributed by atoms with van der Waals surface area (Å²) in [6.45, 7) is 8.15. The maximum atomic E-state index is 13.3. The molecule has 10 rings (SSSR count). The summed E-state index contributed by atoms with van der Waals surface area (Å²) in [6.07, 6.45) is 7.12. The number of carbonyl (C=O) groups is 4. The summed E-state index contributed by atoms with van der Waals surface area (Å²) in [7, 11) is 0. The van der Waals surface area contributed by atoms with Gasteiger partial charge in [-0.3, -0.25) is 34.3 Å². The van der Waals surface area contributed by atoms with Gasteiger partial charge in [-0.15, -0.1) is 0 Å². The summed E-state index contributed by atoms with van der Waals surface area (Å²) in [5.74, 6) is 0.546. The third-order valence-electron chi connectivity index (χ3n) is 14.3. The van der Waals surface area contributed by atoms with E-state index in [-0.39, 0.29) is 24.7 Å². The molecular weight excluding hydrogens is 739 g/mol. The molecule has 4 aromatic rings. The maximum absolute atomic E-state index is 13.3. The molecule has 59 heavy (non-hydrogen) atoms. The number of benzene rings is 4. The van der Waals surface area contributed by atoms with Gasteiger partial charge in [0.05, 0.1) is 11.1 Å². The van der Waals surface area contributed by atoms with Crippen molar-refractivity contribution in [1.82, 2.24) is 20.0 Å². The van der Waals surface area contributed by atoms with Gasteiger partial charge in [0.15, 0.2) is 0 Å². The predicted octanol–water partition coefficient (Wildman–Crippen LogP) is 6.60. The Morgan fingerprint density at radius 3 is 1.92 bits per heavy atom. The molecule has 304 valence electrons. The molecule has 6 aliphatic rings. The highest BCUT2D eigenvalue weighted by Crippen LogP contribution is 2.47. The van der Waals surface area contributed by atoms with Gasteiger partial charge in [0, 0.05) is 57.3 Å². The van der Waals surface area contributed by atoms with E-state index in [0.29, 0.717) is 28.7 Å². The van der Waals surface area contributed by atoms with Gasteiger partial charge < -0.3 is 14.9 Å². The minimum atomic E-state index is -0.937. The summed E-state index contributed by atoms with van der Waals surface area (Å²) < 4.78 is 0. The van der Waals surface area contributed by atoms with Crippen LogP contribution >= 0.6 is 0 Å². The van der Waals surface area contributed by atoms with Gasteiger partial charge in [0.2, 0.25) is 11.8 Å². The molecule has 3 atom stereocenters. The number of phenolic OH excluding ortho intramolecular Hbond substituents is 1. The highest BCUT2D eigenvalue weighted by Gasteiger charge is 2.45. The van der Waals surface area contributed by atoms with Crippen molar-refractivity contribution in [3.63, 3.8) is 0 Å². The molecule has 5 heterocycles. The molecule has 10 heteroatoms. The lowest BCUT2D eigenvalue weighted by atomic mass is 9.69. The largest absolute Gasteiger partial charge is 0.508 e. The Balaban J connectivity index is 0.696. The van der Waals surface area contributed by atoms with Crippen molar-refractivity contribution >= 4 is 29.3 Å². The summed E-state index contributed by atoms with van der Waals surface area (Å²) in [6, 6.07) is 29.0. The smallest absolute Gasteiger partial charge is 0.262 e. The number of hydrogen-bond donors (Lipinski definition) is 2. The summed E-state index contributed by atoms with van der Waals surface area (Å²) in [4.78, 5) is 59.6. The molecule has 3 fully saturated rings. The highest BCUT2D eigenvalue weighted by atomic mass is 16.3. The molecule has 3 saturated heterocycles. The highest BCUT2D eigenvalue weighted by molar-refractivity contribution is 6.23. The van der Waals surface area contributed by atoms with Crippen molar-refractivity contribution in [2.45, 2.75) is 82.3 Å². The van der Waals surface area contributed by atoms with E-state index in [1.807, 2.05) is 24.3 Å². The number of aromatic hydroxyl groups is 1. The molecule has 0 spiro atoms. The van der Waals surface area contributed by atoms with Gasteiger partial charge in [-0.1, -0.05) is 48.5 Å². The average Bonchev–Trinajstić information content (AvgIpc) is 3.76. The predicted molar refractivity (Wildman–Crippen MR) is 225 cm³/mol. The quantitative estimate of drug-likeness (QED) is 0.192. The topological polar surface area (TPSA) is 114 Å². The van der Waals surface area contributed by atoms with E-state index in [2.05, 4.69) is 80.7 Å². The standard InChI is InChI=1S/C49H53N5O5/c55-39-11-13-41-35(24-39)8-12-40(33-4-2-1-3-5-33)46(41)34-6-9-38(10-7-34)53-22-18-32(19-23-53)27-51-20-16-31(17-21-51)28-52-29-36-25-42-43(26-37(36)30-52)49(59)54(48(42)58)44-14-15-45(56)50-47(44)57/h1-7,9-11,13,24-26,31-32,40,44,46,55H,8,12,14-23,27-30H2,(H,50,56,57)/t40-,44?,46+/m1/s1. The Kier molecular flexibility index (Phi) is 10.1. The first kappa shape index (κ1) is 37.9. The number of amides is 4. The molecule has 0 radical (unpaired) electrons. The molecule has 4 amide bonds. The Morgan fingerprint density at radius 1 is 0.610 bits per heavy atom. The second kappa shape index (κ2) is 15.7. The number of anilines is 1. The number of likely N-dealkylation sites (tertiary alicyclic amines) is 1. The zero-order valence-corrected chi connectivity index (χ0v) is 33.7. The van der Waals surface area contributed by atoms with Crippen molar-refractivity contribution in [1.29, 1.82) is 0 Å². The zero-order valence-electron chi connectivity index (χ0n) is 33.7.